The van der Waals surface area contributed by atoms with E-state index in [9.17, 15) is 4.21 Å². The number of nitrogens with two attached hydrogens (primary N) is 1. The van der Waals surface area contributed by atoms with Crippen LogP contribution in [0.25, 0.3) is 0 Å². The Kier molecular flexibility index (Phi) is 4.04. The molecule has 20 heavy (non-hydrogen) atoms. The number of hydrogen-bond donors (Lipinski definition) is 1. The summed E-state index contributed by atoms with van der Waals surface area (Å²) in [6, 6.07) is 5.14. The van der Waals surface area contributed by atoms with Crippen molar-refractivity contribution in [3.63, 3.8) is 0 Å². The zero-order valence-corrected chi connectivity index (χ0v) is 12.7. The van der Waals surface area contributed by atoms with Gasteiger partial charge in [0.25, 0.3) is 0 Å². The van der Waals surface area contributed by atoms with Gasteiger partial charge in [-0.25, -0.2) is 0 Å². The van der Waals surface area contributed by atoms with Gasteiger partial charge in [0.2, 0.25) is 0 Å². The molecule has 3 atom stereocenters. The second-order valence-electron chi connectivity index (χ2n) is 5.44. The van der Waals surface area contributed by atoms with Crippen molar-refractivity contribution < 1.29 is 13.7 Å². The van der Waals surface area contributed by atoms with Crippen LogP contribution in [0.5, 0.6) is 0 Å². The maximum atomic E-state index is 12.8. The molecule has 4 nitrogen and oxygen atoms in total. The molecule has 2 aliphatic rings. The van der Waals surface area contributed by atoms with Gasteiger partial charge in [-0.2, -0.15) is 0 Å². The van der Waals surface area contributed by atoms with Crippen molar-refractivity contribution in [3.05, 3.63) is 23.2 Å². The van der Waals surface area contributed by atoms with Crippen molar-refractivity contribution in [3.8, 4) is 0 Å². The molecule has 2 saturated heterocycles. The predicted octanol–water partition coefficient (Wildman–Crippen LogP) is 2.37. The number of nitrogen functional groups attached to an aromatic ring is 1. The molecule has 6 heteroatoms. The number of rotatable bonds is 2. The van der Waals surface area contributed by atoms with Gasteiger partial charge in [0.15, 0.2) is 0 Å². The molecule has 0 aliphatic carbocycles. The molecule has 0 saturated carbocycles. The third-order valence-electron chi connectivity index (χ3n) is 3.99. The zero-order valence-electron chi connectivity index (χ0n) is 11.1. The van der Waals surface area contributed by atoms with Crippen molar-refractivity contribution in [1.82, 2.24) is 0 Å². The molecular weight excluding hydrogens is 298 g/mol. The van der Waals surface area contributed by atoms with Gasteiger partial charge >= 0.3 is 0 Å². The Balaban J connectivity index is 1.81. The van der Waals surface area contributed by atoms with E-state index >= 15 is 0 Å². The van der Waals surface area contributed by atoms with Gasteiger partial charge in [0.05, 0.1) is 32.9 Å². The summed E-state index contributed by atoms with van der Waals surface area (Å²) in [5.74, 6) is 0. The van der Waals surface area contributed by atoms with Crippen LogP contribution in [0, 0.1) is 0 Å². The smallest absolute Gasteiger partial charge is 0.0948 e. The molecule has 0 aromatic heterocycles. The molecule has 1 spiro atoms. The maximum Gasteiger partial charge on any atom is 0.0948 e. The normalized spacial score (nSPS) is 31.6. The SMILES string of the molecule is Nc1ccc(Cl)c(S(=O)C2CCOC3(CCOC3)C2)c1. The summed E-state index contributed by atoms with van der Waals surface area (Å²) in [5.41, 5.74) is 6.11. The Morgan fingerprint density at radius 3 is 3.00 bits per heavy atom. The van der Waals surface area contributed by atoms with Crippen LogP contribution < -0.4 is 5.73 Å². The van der Waals surface area contributed by atoms with Crippen molar-refractivity contribution in [1.29, 1.82) is 0 Å². The lowest BCUT2D eigenvalue weighted by atomic mass is 9.93. The summed E-state index contributed by atoms with van der Waals surface area (Å²) in [5, 5.41) is 0.561. The Hall–Kier alpha value is -0.620. The van der Waals surface area contributed by atoms with E-state index in [-0.39, 0.29) is 10.9 Å². The Morgan fingerprint density at radius 1 is 1.40 bits per heavy atom. The molecule has 1 aromatic rings. The van der Waals surface area contributed by atoms with Crippen LogP contribution >= 0.6 is 11.6 Å². The van der Waals surface area contributed by atoms with Crippen molar-refractivity contribution in [2.75, 3.05) is 25.6 Å². The minimum absolute atomic E-state index is 0.0461. The Labute approximate surface area is 126 Å². The fourth-order valence-electron chi connectivity index (χ4n) is 2.88. The summed E-state index contributed by atoms with van der Waals surface area (Å²) < 4.78 is 24.1. The van der Waals surface area contributed by atoms with Crippen LogP contribution in [-0.2, 0) is 20.3 Å². The monoisotopic (exact) mass is 315 g/mol. The van der Waals surface area contributed by atoms with Crippen LogP contribution in [0.4, 0.5) is 5.69 Å². The van der Waals surface area contributed by atoms with Crippen LogP contribution in [-0.4, -0.2) is 34.9 Å². The molecule has 2 fully saturated rings. The van der Waals surface area contributed by atoms with Gasteiger partial charge in [-0.15, -0.1) is 0 Å². The van der Waals surface area contributed by atoms with Gasteiger partial charge < -0.3 is 15.2 Å². The highest BCUT2D eigenvalue weighted by atomic mass is 35.5. The highest BCUT2D eigenvalue weighted by molar-refractivity contribution is 7.85. The van der Waals surface area contributed by atoms with Crippen LogP contribution in [0.3, 0.4) is 0 Å². The average molecular weight is 316 g/mol. The summed E-state index contributed by atoms with van der Waals surface area (Å²) in [4.78, 5) is 0.632. The minimum atomic E-state index is -1.16. The number of hydrogen-bond acceptors (Lipinski definition) is 4. The second kappa shape index (κ2) is 5.64. The quantitative estimate of drug-likeness (QED) is 0.851. The molecule has 0 amide bonds. The molecule has 1 aromatic carbocycles. The largest absolute Gasteiger partial charge is 0.399 e. The number of anilines is 1. The lowest BCUT2D eigenvalue weighted by Gasteiger charge is -2.36. The lowest BCUT2D eigenvalue weighted by Crippen LogP contribution is -2.43. The Bertz CT molecular complexity index is 531. The van der Waals surface area contributed by atoms with Crippen LogP contribution in [0.2, 0.25) is 5.02 Å². The van der Waals surface area contributed by atoms with E-state index < -0.39 is 10.8 Å². The molecule has 3 rings (SSSR count). The highest BCUT2D eigenvalue weighted by Crippen LogP contribution is 2.37. The van der Waals surface area contributed by atoms with E-state index in [1.165, 1.54) is 0 Å². The second-order valence-corrected chi connectivity index (χ2v) is 7.54. The number of ether oxygens (including phenoxy) is 2. The first-order valence-corrected chi connectivity index (χ1v) is 8.36. The third kappa shape index (κ3) is 2.72. The Morgan fingerprint density at radius 2 is 2.25 bits per heavy atom. The predicted molar refractivity (Wildman–Crippen MR) is 79.4 cm³/mol. The maximum absolute atomic E-state index is 12.8. The van der Waals surface area contributed by atoms with Gasteiger partial charge in [-0.1, -0.05) is 11.6 Å². The first kappa shape index (κ1) is 14.3. The molecule has 3 unspecified atom stereocenters. The molecular formula is C14H18ClNO3S. The van der Waals surface area contributed by atoms with Gasteiger partial charge in [0, 0.05) is 30.6 Å². The molecule has 2 aliphatic heterocycles. The number of benzene rings is 1. The fraction of sp³-hybridized carbons (Fsp3) is 0.571. The lowest BCUT2D eigenvalue weighted by molar-refractivity contribution is -0.0774. The zero-order chi connectivity index (χ0) is 14.2. The van der Waals surface area contributed by atoms with Crippen molar-refractivity contribution in [2.45, 2.75) is 35.0 Å². The first-order chi connectivity index (χ1) is 9.60. The van der Waals surface area contributed by atoms with Crippen LogP contribution in [0.15, 0.2) is 23.1 Å². The molecule has 2 heterocycles. The third-order valence-corrected chi connectivity index (χ3v) is 6.21. The molecule has 110 valence electrons. The topological polar surface area (TPSA) is 61.6 Å². The van der Waals surface area contributed by atoms with E-state index in [2.05, 4.69) is 0 Å². The average Bonchev–Trinajstić information content (AvgIpc) is 2.88. The first-order valence-electron chi connectivity index (χ1n) is 6.77. The van der Waals surface area contributed by atoms with E-state index in [1.54, 1.807) is 18.2 Å². The van der Waals surface area contributed by atoms with Gasteiger partial charge in [-0.3, -0.25) is 4.21 Å². The van der Waals surface area contributed by atoms with Gasteiger partial charge in [-0.05, 0) is 31.0 Å². The molecule has 0 bridgehead atoms. The summed E-state index contributed by atoms with van der Waals surface area (Å²) in [6.45, 7) is 1.95. The van der Waals surface area contributed by atoms with E-state index in [0.29, 0.717) is 28.8 Å². The standard InChI is InChI=1S/C14H18ClNO3S/c15-12-2-1-10(16)7-13(12)20(17)11-3-5-19-14(8-11)4-6-18-9-14/h1-2,7,11H,3-6,8-9,16H2. The van der Waals surface area contributed by atoms with E-state index in [4.69, 9.17) is 26.8 Å². The van der Waals surface area contributed by atoms with Crippen LogP contribution in [0.1, 0.15) is 19.3 Å². The summed E-state index contributed by atoms with van der Waals surface area (Å²) >= 11 is 6.16. The van der Waals surface area contributed by atoms with E-state index in [1.807, 2.05) is 0 Å². The summed E-state index contributed by atoms with van der Waals surface area (Å²) in [7, 11) is -1.16. The van der Waals surface area contributed by atoms with Crippen molar-refractivity contribution in [2.24, 2.45) is 0 Å². The highest BCUT2D eigenvalue weighted by Gasteiger charge is 2.43. The van der Waals surface area contributed by atoms with E-state index in [0.717, 1.165) is 25.9 Å². The summed E-state index contributed by atoms with van der Waals surface area (Å²) in [6.07, 6.45) is 2.41. The van der Waals surface area contributed by atoms with Gasteiger partial charge in [0.1, 0.15) is 0 Å². The number of halogens is 1. The van der Waals surface area contributed by atoms with Crippen molar-refractivity contribution >= 4 is 28.1 Å². The fourth-order valence-corrected chi connectivity index (χ4v) is 4.87. The minimum Gasteiger partial charge on any atom is -0.399 e. The molecule has 2 N–H and O–H groups in total. The molecule has 0 radical (unpaired) electrons.